The van der Waals surface area contributed by atoms with Crippen LogP contribution in [0.3, 0.4) is 0 Å². The van der Waals surface area contributed by atoms with Gasteiger partial charge in [0.2, 0.25) is 11.8 Å². The van der Waals surface area contributed by atoms with E-state index in [9.17, 15) is 14.0 Å². The Hall–Kier alpha value is -3.39. The van der Waals surface area contributed by atoms with Crippen molar-refractivity contribution in [3.63, 3.8) is 0 Å². The van der Waals surface area contributed by atoms with E-state index in [0.29, 0.717) is 43.5 Å². The SMILES string of the molecule is CCNc1onc(-c2c(F)cccc2Cl)c1C1(C(N)=O)CCCC(CNC(=O)c2ccccc2)C1. The molecule has 1 saturated carbocycles. The molecule has 2 unspecified atom stereocenters. The molecule has 1 aliphatic rings. The van der Waals surface area contributed by atoms with Crippen LogP contribution in [0, 0.1) is 11.7 Å². The van der Waals surface area contributed by atoms with Crippen LogP contribution in [0.15, 0.2) is 53.1 Å². The number of hydrogen-bond acceptors (Lipinski definition) is 5. The maximum Gasteiger partial charge on any atom is 0.251 e. The molecule has 4 N–H and O–H groups in total. The maximum absolute atomic E-state index is 14.9. The van der Waals surface area contributed by atoms with Gasteiger partial charge in [-0.3, -0.25) is 9.59 Å². The summed E-state index contributed by atoms with van der Waals surface area (Å²) < 4.78 is 20.5. The molecule has 2 amide bonds. The van der Waals surface area contributed by atoms with Crippen molar-refractivity contribution in [1.29, 1.82) is 0 Å². The third-order valence-corrected chi connectivity index (χ3v) is 6.93. The normalized spacial score (nSPS) is 19.8. The molecule has 7 nitrogen and oxygen atoms in total. The molecule has 3 aromatic rings. The van der Waals surface area contributed by atoms with Gasteiger partial charge in [-0.1, -0.05) is 47.4 Å². The number of amides is 2. The van der Waals surface area contributed by atoms with Gasteiger partial charge < -0.3 is 20.9 Å². The number of nitrogens with zero attached hydrogens (tertiary/aromatic N) is 1. The molecule has 4 rings (SSSR count). The van der Waals surface area contributed by atoms with E-state index in [2.05, 4.69) is 15.8 Å². The van der Waals surface area contributed by atoms with Gasteiger partial charge in [0.05, 0.1) is 21.6 Å². The minimum Gasteiger partial charge on any atom is -0.369 e. The molecule has 1 heterocycles. The lowest BCUT2D eigenvalue weighted by molar-refractivity contribution is -0.125. The van der Waals surface area contributed by atoms with E-state index in [1.54, 1.807) is 30.3 Å². The number of carbonyl (C=O) groups is 2. The van der Waals surface area contributed by atoms with Crippen molar-refractivity contribution in [1.82, 2.24) is 10.5 Å². The predicted molar refractivity (Wildman–Crippen MR) is 133 cm³/mol. The van der Waals surface area contributed by atoms with Crippen LogP contribution < -0.4 is 16.4 Å². The van der Waals surface area contributed by atoms with Crippen LogP contribution >= 0.6 is 11.6 Å². The van der Waals surface area contributed by atoms with Gasteiger partial charge in [0.15, 0.2) is 0 Å². The lowest BCUT2D eigenvalue weighted by Gasteiger charge is -2.39. The minimum atomic E-state index is -1.17. The number of nitrogens with two attached hydrogens (primary N) is 1. The minimum absolute atomic E-state index is 0.0303. The van der Waals surface area contributed by atoms with Gasteiger partial charge in [0, 0.05) is 18.7 Å². The van der Waals surface area contributed by atoms with Crippen molar-refractivity contribution < 1.29 is 18.5 Å². The Morgan fingerprint density at radius 2 is 2.00 bits per heavy atom. The molecule has 1 aromatic heterocycles. The summed E-state index contributed by atoms with van der Waals surface area (Å²) in [6.07, 6.45) is 2.30. The fraction of sp³-hybridized carbons (Fsp3) is 0.346. The average Bonchev–Trinajstić information content (AvgIpc) is 3.27. The molecule has 0 bridgehead atoms. The molecule has 0 aliphatic heterocycles. The summed E-state index contributed by atoms with van der Waals surface area (Å²) in [7, 11) is 0. The van der Waals surface area contributed by atoms with Crippen LogP contribution in [0.1, 0.15) is 48.5 Å². The second kappa shape index (κ2) is 10.5. The van der Waals surface area contributed by atoms with E-state index < -0.39 is 17.1 Å². The molecule has 9 heteroatoms. The summed E-state index contributed by atoms with van der Waals surface area (Å²) >= 11 is 6.35. The van der Waals surface area contributed by atoms with E-state index in [-0.39, 0.29) is 34.0 Å². The molecule has 2 atom stereocenters. The first-order valence-electron chi connectivity index (χ1n) is 11.7. The molecule has 35 heavy (non-hydrogen) atoms. The Morgan fingerprint density at radius 1 is 1.23 bits per heavy atom. The zero-order valence-corrected chi connectivity index (χ0v) is 20.2. The van der Waals surface area contributed by atoms with Crippen molar-refractivity contribution >= 4 is 29.3 Å². The van der Waals surface area contributed by atoms with Gasteiger partial charge in [0.25, 0.3) is 5.91 Å². The number of anilines is 1. The van der Waals surface area contributed by atoms with Crippen molar-refractivity contribution in [2.75, 3.05) is 18.4 Å². The number of benzene rings is 2. The highest BCUT2D eigenvalue weighted by Gasteiger charge is 2.48. The van der Waals surface area contributed by atoms with Gasteiger partial charge >= 0.3 is 0 Å². The number of rotatable bonds is 8. The van der Waals surface area contributed by atoms with Gasteiger partial charge in [-0.15, -0.1) is 0 Å². The van der Waals surface area contributed by atoms with Gasteiger partial charge in [-0.2, -0.15) is 0 Å². The van der Waals surface area contributed by atoms with Crippen molar-refractivity contribution in [3.05, 3.63) is 70.5 Å². The summed E-state index contributed by atoms with van der Waals surface area (Å²) in [6, 6.07) is 13.3. The fourth-order valence-corrected chi connectivity index (χ4v) is 5.23. The van der Waals surface area contributed by atoms with Crippen LogP contribution in [-0.2, 0) is 10.2 Å². The molecule has 0 saturated heterocycles. The third kappa shape index (κ3) is 4.89. The predicted octanol–water partition coefficient (Wildman–Crippen LogP) is 4.91. The number of aromatic nitrogens is 1. The van der Waals surface area contributed by atoms with E-state index in [1.165, 1.54) is 12.1 Å². The highest BCUT2D eigenvalue weighted by atomic mass is 35.5. The zero-order valence-electron chi connectivity index (χ0n) is 19.4. The molecule has 184 valence electrons. The zero-order chi connectivity index (χ0) is 25.0. The van der Waals surface area contributed by atoms with Crippen LogP contribution in [0.25, 0.3) is 11.3 Å². The summed E-state index contributed by atoms with van der Waals surface area (Å²) in [4.78, 5) is 25.7. The maximum atomic E-state index is 14.9. The first-order valence-corrected chi connectivity index (χ1v) is 12.1. The van der Waals surface area contributed by atoms with Gasteiger partial charge in [-0.05, 0) is 56.4 Å². The smallest absolute Gasteiger partial charge is 0.251 e. The summed E-state index contributed by atoms with van der Waals surface area (Å²) in [5, 5.41) is 10.4. The van der Waals surface area contributed by atoms with Crippen molar-refractivity contribution in [3.8, 4) is 11.3 Å². The average molecular weight is 499 g/mol. The lowest BCUT2D eigenvalue weighted by atomic mass is 9.64. The molecule has 0 radical (unpaired) electrons. The Balaban J connectivity index is 1.70. The molecule has 1 aliphatic carbocycles. The fourth-order valence-electron chi connectivity index (χ4n) is 4.98. The summed E-state index contributed by atoms with van der Waals surface area (Å²) in [5.74, 6) is -1.06. The molecular formula is C26H28ClFN4O3. The molecule has 2 aromatic carbocycles. The lowest BCUT2D eigenvalue weighted by Crippen LogP contribution is -2.47. The Morgan fingerprint density at radius 3 is 2.69 bits per heavy atom. The van der Waals surface area contributed by atoms with Crippen LogP contribution in [-0.4, -0.2) is 30.1 Å². The van der Waals surface area contributed by atoms with Crippen LogP contribution in [0.4, 0.5) is 10.3 Å². The van der Waals surface area contributed by atoms with E-state index >= 15 is 0 Å². The Bertz CT molecular complexity index is 1200. The van der Waals surface area contributed by atoms with E-state index in [1.807, 2.05) is 13.0 Å². The standard InChI is InChI=1S/C26H28ClFN4O3/c1-2-30-24-21(22(32-35-24)20-18(27)11-6-12-19(20)28)26(25(29)34)13-7-8-16(14-26)15-31-23(33)17-9-4-3-5-10-17/h3-6,9-12,16,30H,2,7-8,13-15H2,1H3,(H2,29,34)(H,31,33). The van der Waals surface area contributed by atoms with E-state index in [0.717, 1.165) is 6.42 Å². The van der Waals surface area contributed by atoms with Crippen molar-refractivity contribution in [2.24, 2.45) is 11.7 Å². The first-order chi connectivity index (χ1) is 16.9. The van der Waals surface area contributed by atoms with Gasteiger partial charge in [0.1, 0.15) is 11.5 Å². The quantitative estimate of drug-likeness (QED) is 0.408. The second-order valence-corrected chi connectivity index (χ2v) is 9.25. The summed E-state index contributed by atoms with van der Waals surface area (Å²) in [5.41, 5.74) is 6.08. The number of nitrogens with one attached hydrogen (secondary N) is 2. The first kappa shape index (κ1) is 24.7. The third-order valence-electron chi connectivity index (χ3n) is 6.62. The Labute approximate surface area is 208 Å². The largest absolute Gasteiger partial charge is 0.369 e. The highest BCUT2D eigenvalue weighted by molar-refractivity contribution is 6.33. The number of primary amides is 1. The molecule has 0 spiro atoms. The number of carbonyl (C=O) groups excluding carboxylic acids is 2. The van der Waals surface area contributed by atoms with Crippen LogP contribution in [0.5, 0.6) is 0 Å². The molecular weight excluding hydrogens is 471 g/mol. The topological polar surface area (TPSA) is 110 Å². The Kier molecular flexibility index (Phi) is 7.40. The second-order valence-electron chi connectivity index (χ2n) is 8.85. The van der Waals surface area contributed by atoms with E-state index in [4.69, 9.17) is 21.9 Å². The van der Waals surface area contributed by atoms with Crippen LogP contribution in [0.2, 0.25) is 5.02 Å². The molecule has 1 fully saturated rings. The number of hydrogen-bond donors (Lipinski definition) is 3. The van der Waals surface area contributed by atoms with Gasteiger partial charge in [-0.25, -0.2) is 4.39 Å². The number of halogens is 2. The van der Waals surface area contributed by atoms with Crippen molar-refractivity contribution in [2.45, 2.75) is 38.0 Å². The monoisotopic (exact) mass is 498 g/mol. The summed E-state index contributed by atoms with van der Waals surface area (Å²) in [6.45, 7) is 2.75. The highest BCUT2D eigenvalue weighted by Crippen LogP contribution is 2.49.